The van der Waals surface area contributed by atoms with Crippen molar-refractivity contribution in [3.05, 3.63) is 0 Å². The van der Waals surface area contributed by atoms with Crippen molar-refractivity contribution in [3.63, 3.8) is 0 Å². The molecule has 0 aromatic rings. The number of carbonyl (C=O) groups excluding carboxylic acids is 2. The molecule has 1 rings (SSSR count). The summed E-state index contributed by atoms with van der Waals surface area (Å²) in [6, 6.07) is 0. The third kappa shape index (κ3) is 2.74. The minimum atomic E-state index is -5.00. The highest BCUT2D eigenvalue weighted by molar-refractivity contribution is 5.82. The number of halogens is 3. The Morgan fingerprint density at radius 1 is 1.40 bits per heavy atom. The van der Waals surface area contributed by atoms with E-state index in [0.29, 0.717) is 11.3 Å². The van der Waals surface area contributed by atoms with Gasteiger partial charge >= 0.3 is 12.1 Å². The highest BCUT2D eigenvalue weighted by Crippen LogP contribution is 2.18. The van der Waals surface area contributed by atoms with Crippen LogP contribution in [0.4, 0.5) is 18.0 Å². The molecule has 0 spiro atoms. The zero-order valence-electron chi connectivity index (χ0n) is 7.50. The van der Waals surface area contributed by atoms with Crippen LogP contribution < -0.4 is 10.4 Å². The predicted octanol–water partition coefficient (Wildman–Crippen LogP) is -0.570. The number of amides is 2. The summed E-state index contributed by atoms with van der Waals surface area (Å²) in [5.74, 6) is -2.14. The van der Waals surface area contributed by atoms with Gasteiger partial charge in [0.15, 0.2) is 0 Å². The number of likely N-dealkylation sites (tertiary alicyclic amines) is 1. The summed E-state index contributed by atoms with van der Waals surface area (Å²) in [5.41, 5.74) is 0. The van der Waals surface area contributed by atoms with Crippen LogP contribution in [-0.4, -0.2) is 35.8 Å². The molecule has 0 saturated carbocycles. The van der Waals surface area contributed by atoms with Gasteiger partial charge in [0.05, 0.1) is 0 Å². The Labute approximate surface area is 82.8 Å². The van der Waals surface area contributed by atoms with E-state index >= 15 is 0 Å². The minimum absolute atomic E-state index is 0.0745. The average Bonchev–Trinajstić information content (AvgIpc) is 2.50. The zero-order chi connectivity index (χ0) is 11.6. The maximum absolute atomic E-state index is 11.8. The molecule has 8 heteroatoms. The third-order valence-corrected chi connectivity index (χ3v) is 2.04. The van der Waals surface area contributed by atoms with Gasteiger partial charge in [-0.1, -0.05) is 0 Å². The van der Waals surface area contributed by atoms with Crippen LogP contribution in [0.25, 0.3) is 0 Å². The lowest BCUT2D eigenvalue weighted by Crippen LogP contribution is -2.53. The van der Waals surface area contributed by atoms with Crippen molar-refractivity contribution in [1.82, 2.24) is 10.2 Å². The van der Waals surface area contributed by atoms with E-state index in [1.807, 2.05) is 0 Å². The van der Waals surface area contributed by atoms with Gasteiger partial charge in [-0.05, 0) is 12.8 Å². The Balaban J connectivity index is 2.58. The number of nitrogens with one attached hydrogen (secondary N) is 1. The monoisotopic (exact) mass is 225 g/mol. The summed E-state index contributed by atoms with van der Waals surface area (Å²) in [7, 11) is 0. The van der Waals surface area contributed by atoms with Crippen molar-refractivity contribution in [2.24, 2.45) is 0 Å². The first-order valence-electron chi connectivity index (χ1n) is 4.17. The summed E-state index contributed by atoms with van der Waals surface area (Å²) in [5, 5.41) is 12.0. The molecular weight excluding hydrogens is 217 g/mol. The molecule has 0 bridgehead atoms. The molecule has 1 aliphatic heterocycles. The summed E-state index contributed by atoms with van der Waals surface area (Å²) < 4.78 is 35.5. The second-order valence-electron chi connectivity index (χ2n) is 3.09. The van der Waals surface area contributed by atoms with Gasteiger partial charge in [-0.15, -0.1) is 0 Å². The average molecular weight is 225 g/mol. The van der Waals surface area contributed by atoms with Crippen LogP contribution in [0.3, 0.4) is 0 Å². The van der Waals surface area contributed by atoms with Crippen molar-refractivity contribution >= 4 is 12.0 Å². The van der Waals surface area contributed by atoms with Gasteiger partial charge in [0.2, 0.25) is 0 Å². The Kier molecular flexibility index (Phi) is 3.06. The summed E-state index contributed by atoms with van der Waals surface area (Å²) in [6.45, 7) is 0.0745. The SMILES string of the molecule is O=C([O-])N1CCCC1NC(=O)C(F)(F)F. The fourth-order valence-corrected chi connectivity index (χ4v) is 1.37. The summed E-state index contributed by atoms with van der Waals surface area (Å²) in [6.07, 6.45) is -7.16. The van der Waals surface area contributed by atoms with Crippen molar-refractivity contribution < 1.29 is 27.9 Å². The number of carbonyl (C=O) groups is 2. The van der Waals surface area contributed by atoms with E-state index in [0.717, 1.165) is 0 Å². The molecule has 86 valence electrons. The van der Waals surface area contributed by atoms with Gasteiger partial charge in [-0.3, -0.25) is 4.79 Å². The van der Waals surface area contributed by atoms with E-state index in [9.17, 15) is 27.9 Å². The van der Waals surface area contributed by atoms with E-state index in [-0.39, 0.29) is 13.0 Å². The first-order valence-corrected chi connectivity index (χ1v) is 4.17. The Morgan fingerprint density at radius 2 is 2.00 bits per heavy atom. The quantitative estimate of drug-likeness (QED) is 0.649. The fourth-order valence-electron chi connectivity index (χ4n) is 1.37. The van der Waals surface area contributed by atoms with E-state index in [1.54, 1.807) is 5.32 Å². The lowest BCUT2D eigenvalue weighted by atomic mass is 10.3. The van der Waals surface area contributed by atoms with Crippen molar-refractivity contribution in [3.8, 4) is 0 Å². The van der Waals surface area contributed by atoms with Gasteiger partial charge in [0.1, 0.15) is 12.3 Å². The molecule has 5 nitrogen and oxygen atoms in total. The molecule has 1 unspecified atom stereocenters. The standard InChI is InChI=1S/C7H9F3N2O3/c8-7(9,10)5(13)11-4-2-1-3-12(4)6(14)15/h4H,1-3H2,(H,11,13)(H,14,15)/p-1. The Morgan fingerprint density at radius 3 is 2.47 bits per heavy atom. The zero-order valence-corrected chi connectivity index (χ0v) is 7.50. The number of hydrogen-bond acceptors (Lipinski definition) is 3. The maximum Gasteiger partial charge on any atom is 0.471 e. The van der Waals surface area contributed by atoms with Gasteiger partial charge in [0.25, 0.3) is 0 Å². The molecule has 1 N–H and O–H groups in total. The van der Waals surface area contributed by atoms with Crippen LogP contribution >= 0.6 is 0 Å². The molecule has 1 heterocycles. The van der Waals surface area contributed by atoms with Gasteiger partial charge in [-0.25, -0.2) is 0 Å². The fraction of sp³-hybridized carbons (Fsp3) is 0.714. The Hall–Kier alpha value is -1.47. The molecule has 0 aromatic carbocycles. The molecule has 1 fully saturated rings. The number of carboxylic acid groups (broad SMARTS) is 1. The number of alkyl halides is 3. The smallest absolute Gasteiger partial charge is 0.471 e. The third-order valence-electron chi connectivity index (χ3n) is 2.04. The molecule has 1 aliphatic rings. The van der Waals surface area contributed by atoms with Crippen LogP contribution in [0.1, 0.15) is 12.8 Å². The largest absolute Gasteiger partial charge is 0.530 e. The second-order valence-corrected chi connectivity index (χ2v) is 3.09. The van der Waals surface area contributed by atoms with Crippen molar-refractivity contribution in [2.45, 2.75) is 25.2 Å². The van der Waals surface area contributed by atoms with Gasteiger partial charge in [-0.2, -0.15) is 13.2 Å². The molecule has 0 aliphatic carbocycles. The first kappa shape index (κ1) is 11.6. The molecule has 0 radical (unpaired) electrons. The molecule has 2 amide bonds. The first-order chi connectivity index (χ1) is 6.82. The summed E-state index contributed by atoms with van der Waals surface area (Å²) >= 11 is 0. The number of hydrogen-bond donors (Lipinski definition) is 1. The molecule has 1 atom stereocenters. The van der Waals surface area contributed by atoms with Crippen molar-refractivity contribution in [1.29, 1.82) is 0 Å². The van der Waals surface area contributed by atoms with E-state index in [1.165, 1.54) is 0 Å². The van der Waals surface area contributed by atoms with E-state index < -0.39 is 24.3 Å². The molecule has 0 aromatic heterocycles. The predicted molar refractivity (Wildman–Crippen MR) is 39.3 cm³/mol. The van der Waals surface area contributed by atoms with Crippen LogP contribution in [0.5, 0.6) is 0 Å². The molecule has 1 saturated heterocycles. The highest BCUT2D eigenvalue weighted by atomic mass is 19.4. The highest BCUT2D eigenvalue weighted by Gasteiger charge is 2.41. The van der Waals surface area contributed by atoms with E-state index in [4.69, 9.17) is 0 Å². The lowest BCUT2D eigenvalue weighted by Gasteiger charge is -2.27. The number of nitrogens with zero attached hydrogens (tertiary/aromatic N) is 1. The second kappa shape index (κ2) is 3.95. The van der Waals surface area contributed by atoms with Crippen LogP contribution in [-0.2, 0) is 4.79 Å². The number of rotatable bonds is 1. The van der Waals surface area contributed by atoms with Gasteiger partial charge < -0.3 is 20.1 Å². The van der Waals surface area contributed by atoms with Crippen molar-refractivity contribution in [2.75, 3.05) is 6.54 Å². The van der Waals surface area contributed by atoms with E-state index in [2.05, 4.69) is 0 Å². The minimum Gasteiger partial charge on any atom is -0.530 e. The summed E-state index contributed by atoms with van der Waals surface area (Å²) in [4.78, 5) is 21.6. The van der Waals surface area contributed by atoms with Crippen LogP contribution in [0.15, 0.2) is 0 Å². The van der Waals surface area contributed by atoms with Gasteiger partial charge in [0, 0.05) is 6.54 Å². The van der Waals surface area contributed by atoms with Crippen LogP contribution in [0.2, 0.25) is 0 Å². The van der Waals surface area contributed by atoms with Crippen LogP contribution in [0, 0.1) is 0 Å². The maximum atomic E-state index is 11.8. The molecular formula is C7H8F3N2O3-. The topological polar surface area (TPSA) is 72.5 Å². The lowest BCUT2D eigenvalue weighted by molar-refractivity contribution is -0.267. The Bertz CT molecular complexity index is 279. The molecule has 15 heavy (non-hydrogen) atoms. The normalized spacial score (nSPS) is 21.5.